The number of carbonyl (C=O) groups is 2. The third-order valence-corrected chi connectivity index (χ3v) is 9.55. The largest absolute Gasteiger partial charge is 0.458 e. The summed E-state index contributed by atoms with van der Waals surface area (Å²) in [6.45, 7) is 4.55. The van der Waals surface area contributed by atoms with Crippen LogP contribution in [0.3, 0.4) is 0 Å². The summed E-state index contributed by atoms with van der Waals surface area (Å²) in [6, 6.07) is 4.50. The zero-order valence-corrected chi connectivity index (χ0v) is 19.2. The molecule has 0 heterocycles. The zero-order chi connectivity index (χ0) is 23.6. The van der Waals surface area contributed by atoms with Crippen LogP contribution >= 0.6 is 0 Å². The molecule has 178 valence electrons. The van der Waals surface area contributed by atoms with Gasteiger partial charge in [0.1, 0.15) is 6.10 Å². The van der Waals surface area contributed by atoms with Crippen molar-refractivity contribution < 1.29 is 27.5 Å². The first kappa shape index (κ1) is 22.7. The fourth-order valence-corrected chi connectivity index (χ4v) is 7.72. The molecule has 6 heteroatoms. The first-order valence-electron chi connectivity index (χ1n) is 12.1. The molecule has 0 radical (unpaired) electrons. The molecule has 0 spiro atoms. The Morgan fingerprint density at radius 2 is 1.82 bits per heavy atom. The number of carbonyl (C=O) groups excluding carboxylic acids is 2. The molecule has 0 amide bonds. The number of alkyl halides is 3. The highest BCUT2D eigenvalue weighted by Gasteiger charge is 2.60. The summed E-state index contributed by atoms with van der Waals surface area (Å²) in [4.78, 5) is 24.8. The highest BCUT2D eigenvalue weighted by Crippen LogP contribution is 2.65. The molecule has 0 N–H and O–H groups in total. The van der Waals surface area contributed by atoms with Crippen LogP contribution in [0.25, 0.3) is 0 Å². The van der Waals surface area contributed by atoms with Crippen molar-refractivity contribution in [3.05, 3.63) is 47.0 Å². The number of hydrogen-bond donors (Lipinski definition) is 0. The van der Waals surface area contributed by atoms with E-state index in [1.165, 1.54) is 17.7 Å². The standard InChI is InChI=1S/C27H31F3O3/c1-25-12-10-19(31)15-17(25)6-7-20-21-8-9-23(26(21,2)13-11-22(20)25)33-24(32)16-4-3-5-18(14-16)27(28,29)30/h3-5,14-15,20-23H,6-13H2,1-2H3/t20-,21-,22+,23?,25-,26-/m0/s1. The van der Waals surface area contributed by atoms with E-state index in [1.54, 1.807) is 0 Å². The number of ketones is 1. The first-order chi connectivity index (χ1) is 15.5. The molecule has 5 rings (SSSR count). The van der Waals surface area contributed by atoms with Gasteiger partial charge in [-0.2, -0.15) is 13.2 Å². The van der Waals surface area contributed by atoms with Crippen LogP contribution in [0.15, 0.2) is 35.9 Å². The number of allylic oxidation sites excluding steroid dienone is 1. The van der Waals surface area contributed by atoms with Crippen LogP contribution in [0.4, 0.5) is 13.2 Å². The van der Waals surface area contributed by atoms with Gasteiger partial charge in [-0.25, -0.2) is 4.79 Å². The number of benzene rings is 1. The van der Waals surface area contributed by atoms with Crippen LogP contribution in [0.1, 0.15) is 81.1 Å². The summed E-state index contributed by atoms with van der Waals surface area (Å²) in [5, 5.41) is 0. The minimum absolute atomic E-state index is 0.0441. The van der Waals surface area contributed by atoms with Crippen molar-refractivity contribution >= 4 is 11.8 Å². The average Bonchev–Trinajstić information content (AvgIpc) is 3.10. The summed E-state index contributed by atoms with van der Waals surface area (Å²) in [7, 11) is 0. The number of rotatable bonds is 2. The van der Waals surface area contributed by atoms with Gasteiger partial charge in [-0.05, 0) is 92.4 Å². The van der Waals surface area contributed by atoms with E-state index in [0.717, 1.165) is 57.1 Å². The Hall–Kier alpha value is -2.11. The van der Waals surface area contributed by atoms with Gasteiger partial charge >= 0.3 is 12.1 Å². The van der Waals surface area contributed by atoms with Crippen LogP contribution < -0.4 is 0 Å². The van der Waals surface area contributed by atoms with Gasteiger partial charge in [0, 0.05) is 11.8 Å². The fraction of sp³-hybridized carbons (Fsp3) is 0.630. The van der Waals surface area contributed by atoms with Crippen molar-refractivity contribution in [2.45, 2.75) is 77.5 Å². The second-order valence-corrected chi connectivity index (χ2v) is 11.1. The topological polar surface area (TPSA) is 43.4 Å². The van der Waals surface area contributed by atoms with E-state index in [-0.39, 0.29) is 28.3 Å². The molecule has 33 heavy (non-hydrogen) atoms. The van der Waals surface area contributed by atoms with Crippen molar-refractivity contribution in [3.63, 3.8) is 0 Å². The van der Waals surface area contributed by atoms with Crippen LogP contribution in [0, 0.1) is 28.6 Å². The Balaban J connectivity index is 1.34. The van der Waals surface area contributed by atoms with Gasteiger partial charge < -0.3 is 4.74 Å². The number of esters is 1. The monoisotopic (exact) mass is 460 g/mol. The van der Waals surface area contributed by atoms with Gasteiger partial charge in [0.15, 0.2) is 5.78 Å². The molecule has 3 nitrogen and oxygen atoms in total. The molecule has 1 unspecified atom stereocenters. The normalized spacial score (nSPS) is 38.1. The predicted molar refractivity (Wildman–Crippen MR) is 117 cm³/mol. The third kappa shape index (κ3) is 3.64. The Labute approximate surface area is 192 Å². The Bertz CT molecular complexity index is 1010. The van der Waals surface area contributed by atoms with Gasteiger partial charge in [0.05, 0.1) is 11.1 Å². The Morgan fingerprint density at radius 3 is 2.58 bits per heavy atom. The van der Waals surface area contributed by atoms with Gasteiger partial charge in [-0.3, -0.25) is 4.79 Å². The minimum Gasteiger partial charge on any atom is -0.458 e. The van der Waals surface area contributed by atoms with Crippen molar-refractivity contribution in [3.8, 4) is 0 Å². The summed E-state index contributed by atoms with van der Waals surface area (Å²) in [5.41, 5.74) is 0.385. The maximum atomic E-state index is 13.1. The highest BCUT2D eigenvalue weighted by atomic mass is 19.4. The number of fused-ring (bicyclic) bond motifs is 5. The summed E-state index contributed by atoms with van der Waals surface area (Å²) in [5.74, 6) is 1.11. The molecule has 1 aromatic rings. The van der Waals surface area contributed by atoms with Gasteiger partial charge in [0.2, 0.25) is 0 Å². The molecule has 6 atom stereocenters. The SMILES string of the molecule is C[C@]12CCC(=O)C=C1CC[C@@H]1[C@H]2CC[C@]2(C)C(OC(=O)c3cccc(C(F)(F)F)c3)CC[C@@H]12. The fourth-order valence-electron chi connectivity index (χ4n) is 7.72. The molecular weight excluding hydrogens is 429 g/mol. The molecule has 3 fully saturated rings. The molecule has 0 aliphatic heterocycles. The maximum Gasteiger partial charge on any atom is 0.416 e. The lowest BCUT2D eigenvalue weighted by Crippen LogP contribution is -2.51. The van der Waals surface area contributed by atoms with E-state index < -0.39 is 17.7 Å². The summed E-state index contributed by atoms with van der Waals surface area (Å²) >= 11 is 0. The van der Waals surface area contributed by atoms with E-state index >= 15 is 0 Å². The molecule has 1 aromatic carbocycles. The van der Waals surface area contributed by atoms with Crippen LogP contribution in [0.2, 0.25) is 0 Å². The zero-order valence-electron chi connectivity index (χ0n) is 19.2. The van der Waals surface area contributed by atoms with Crippen molar-refractivity contribution in [2.75, 3.05) is 0 Å². The smallest absolute Gasteiger partial charge is 0.416 e. The molecular formula is C27H31F3O3. The van der Waals surface area contributed by atoms with E-state index in [0.29, 0.717) is 24.2 Å². The lowest BCUT2D eigenvalue weighted by Gasteiger charge is -2.57. The molecule has 0 bridgehead atoms. The predicted octanol–water partition coefficient (Wildman–Crippen LogP) is 6.76. The maximum absolute atomic E-state index is 13.1. The van der Waals surface area contributed by atoms with Crippen LogP contribution in [-0.2, 0) is 15.7 Å². The van der Waals surface area contributed by atoms with Crippen molar-refractivity contribution in [1.29, 1.82) is 0 Å². The number of ether oxygens (including phenoxy) is 1. The Kier molecular flexibility index (Phi) is 5.30. The lowest BCUT2D eigenvalue weighted by molar-refractivity contribution is -0.137. The van der Waals surface area contributed by atoms with Crippen LogP contribution in [-0.4, -0.2) is 17.9 Å². The van der Waals surface area contributed by atoms with Gasteiger partial charge in [-0.15, -0.1) is 0 Å². The third-order valence-electron chi connectivity index (χ3n) is 9.55. The van der Waals surface area contributed by atoms with Gasteiger partial charge in [0.25, 0.3) is 0 Å². The first-order valence-corrected chi connectivity index (χ1v) is 12.1. The summed E-state index contributed by atoms with van der Waals surface area (Å²) in [6.07, 6.45) is 4.43. The number of halogens is 3. The van der Waals surface area contributed by atoms with Gasteiger partial charge in [-0.1, -0.05) is 25.5 Å². The second-order valence-electron chi connectivity index (χ2n) is 11.1. The molecule has 0 saturated heterocycles. The second kappa shape index (κ2) is 7.71. The van der Waals surface area contributed by atoms with Crippen molar-refractivity contribution in [1.82, 2.24) is 0 Å². The molecule has 4 aliphatic rings. The lowest BCUT2D eigenvalue weighted by atomic mass is 9.47. The van der Waals surface area contributed by atoms with Crippen LogP contribution in [0.5, 0.6) is 0 Å². The average molecular weight is 461 g/mol. The Morgan fingerprint density at radius 1 is 1.03 bits per heavy atom. The molecule has 0 aromatic heterocycles. The van der Waals surface area contributed by atoms with E-state index in [1.807, 2.05) is 6.08 Å². The minimum atomic E-state index is -4.49. The van der Waals surface area contributed by atoms with E-state index in [9.17, 15) is 22.8 Å². The van der Waals surface area contributed by atoms with Crippen molar-refractivity contribution in [2.24, 2.45) is 28.6 Å². The van der Waals surface area contributed by atoms with E-state index in [4.69, 9.17) is 4.74 Å². The summed E-state index contributed by atoms with van der Waals surface area (Å²) < 4.78 is 45.1. The number of hydrogen-bond acceptors (Lipinski definition) is 3. The highest BCUT2D eigenvalue weighted by molar-refractivity contribution is 5.91. The van der Waals surface area contributed by atoms with E-state index in [2.05, 4.69) is 13.8 Å². The quantitative estimate of drug-likeness (QED) is 0.458. The molecule has 3 saturated carbocycles. The molecule has 4 aliphatic carbocycles.